The molecule has 3 aromatic rings. The fourth-order valence-corrected chi connectivity index (χ4v) is 3.89. The first kappa shape index (κ1) is 20.9. The van der Waals surface area contributed by atoms with Gasteiger partial charge in [0.15, 0.2) is 6.61 Å². The van der Waals surface area contributed by atoms with E-state index in [1.165, 1.54) is 12.8 Å². The Morgan fingerprint density at radius 3 is 2.42 bits per heavy atom. The van der Waals surface area contributed by atoms with Crippen molar-refractivity contribution < 1.29 is 14.3 Å². The summed E-state index contributed by atoms with van der Waals surface area (Å²) >= 11 is 0. The van der Waals surface area contributed by atoms with Gasteiger partial charge in [-0.15, -0.1) is 0 Å². The number of carbonyl (C=O) groups is 2. The molecule has 0 bridgehead atoms. The molecule has 1 fully saturated rings. The monoisotopic (exact) mass is 420 g/mol. The molecule has 2 aromatic carbocycles. The first-order chi connectivity index (χ1) is 15.2. The molecule has 0 spiro atoms. The predicted octanol–water partition coefficient (Wildman–Crippen LogP) is 3.13. The van der Waals surface area contributed by atoms with Crippen LogP contribution in [-0.2, 0) is 22.7 Å². The van der Waals surface area contributed by atoms with E-state index >= 15 is 0 Å². The van der Waals surface area contributed by atoms with Gasteiger partial charge in [0.2, 0.25) is 5.91 Å². The second-order valence-corrected chi connectivity index (χ2v) is 7.78. The maximum Gasteiger partial charge on any atom is 0.258 e. The van der Waals surface area contributed by atoms with Crippen LogP contribution in [0.2, 0.25) is 0 Å². The lowest BCUT2D eigenvalue weighted by atomic mass is 10.2. The van der Waals surface area contributed by atoms with Crippen LogP contribution in [0.15, 0.2) is 54.6 Å². The summed E-state index contributed by atoms with van der Waals surface area (Å²) < 4.78 is 7.42. The molecule has 7 heteroatoms. The molecular formula is C24H28N4O3. The number of likely N-dealkylation sites (tertiary alicyclic amines) is 1. The van der Waals surface area contributed by atoms with E-state index in [1.807, 2.05) is 51.9 Å². The molecule has 1 N–H and O–H groups in total. The average molecular weight is 421 g/mol. The van der Waals surface area contributed by atoms with Gasteiger partial charge in [0.25, 0.3) is 5.91 Å². The lowest BCUT2D eigenvalue weighted by Gasteiger charge is -2.21. The number of imidazole rings is 1. The van der Waals surface area contributed by atoms with Crippen molar-refractivity contribution in [2.24, 2.45) is 0 Å². The molecule has 1 aliphatic heterocycles. The molecule has 1 aromatic heterocycles. The van der Waals surface area contributed by atoms with Crippen molar-refractivity contribution in [3.63, 3.8) is 0 Å². The van der Waals surface area contributed by atoms with Crippen LogP contribution in [0.3, 0.4) is 0 Å². The maximum absolute atomic E-state index is 13.0. The zero-order chi connectivity index (χ0) is 21.5. The number of fused-ring (bicyclic) bond motifs is 1. The standard InChI is InChI=1S/C24H28N4O3/c29-23(18-31-19-10-4-3-5-11-19)25-16-22-26-20-12-6-7-13-21(20)28(22)17-24(30)27-14-8-1-2-9-15-27/h3-7,10-13H,1-2,8-9,14-18H2,(H,25,29). The summed E-state index contributed by atoms with van der Waals surface area (Å²) in [5.41, 5.74) is 1.71. The number of nitrogens with one attached hydrogen (secondary N) is 1. The van der Waals surface area contributed by atoms with Crippen LogP contribution >= 0.6 is 0 Å². The van der Waals surface area contributed by atoms with Crippen LogP contribution in [0.25, 0.3) is 11.0 Å². The van der Waals surface area contributed by atoms with Gasteiger partial charge in [-0.3, -0.25) is 9.59 Å². The Kier molecular flexibility index (Phi) is 6.82. The molecule has 0 aliphatic carbocycles. The zero-order valence-electron chi connectivity index (χ0n) is 17.6. The molecule has 4 rings (SSSR count). The second kappa shape index (κ2) is 10.1. The highest BCUT2D eigenvalue weighted by Gasteiger charge is 2.19. The molecule has 2 amide bonds. The number of aromatic nitrogens is 2. The molecule has 1 aliphatic rings. The van der Waals surface area contributed by atoms with E-state index in [9.17, 15) is 9.59 Å². The number of nitrogens with zero attached hydrogens (tertiary/aromatic N) is 3. The largest absolute Gasteiger partial charge is 0.484 e. The lowest BCUT2D eigenvalue weighted by molar-refractivity contribution is -0.131. The number of hydrogen-bond donors (Lipinski definition) is 1. The molecule has 2 heterocycles. The fourth-order valence-electron chi connectivity index (χ4n) is 3.89. The van der Waals surface area contributed by atoms with E-state index in [0.717, 1.165) is 37.0 Å². The Morgan fingerprint density at radius 2 is 1.65 bits per heavy atom. The van der Waals surface area contributed by atoms with Gasteiger partial charge in [0.05, 0.1) is 17.6 Å². The molecule has 1 saturated heterocycles. The minimum atomic E-state index is -0.235. The van der Waals surface area contributed by atoms with Crippen molar-refractivity contribution in [2.45, 2.75) is 38.8 Å². The zero-order valence-corrected chi connectivity index (χ0v) is 17.6. The van der Waals surface area contributed by atoms with E-state index in [0.29, 0.717) is 11.6 Å². The number of hydrogen-bond acceptors (Lipinski definition) is 4. The van der Waals surface area contributed by atoms with Gasteiger partial charge in [-0.2, -0.15) is 0 Å². The fraction of sp³-hybridized carbons (Fsp3) is 0.375. The molecule has 162 valence electrons. The Morgan fingerprint density at radius 1 is 0.935 bits per heavy atom. The van der Waals surface area contributed by atoms with E-state index in [-0.39, 0.29) is 31.5 Å². The van der Waals surface area contributed by atoms with Crippen molar-refractivity contribution >= 4 is 22.8 Å². The maximum atomic E-state index is 13.0. The van der Waals surface area contributed by atoms with Crippen molar-refractivity contribution in [3.05, 3.63) is 60.4 Å². The Bertz CT molecular complexity index is 1020. The van der Waals surface area contributed by atoms with Gasteiger partial charge in [0, 0.05) is 13.1 Å². The third-order valence-corrected chi connectivity index (χ3v) is 5.54. The number of ether oxygens (including phenoxy) is 1. The van der Waals surface area contributed by atoms with Crippen molar-refractivity contribution in [1.29, 1.82) is 0 Å². The normalized spacial score (nSPS) is 14.3. The smallest absolute Gasteiger partial charge is 0.258 e. The molecule has 31 heavy (non-hydrogen) atoms. The molecular weight excluding hydrogens is 392 g/mol. The van der Waals surface area contributed by atoms with Gasteiger partial charge in [-0.05, 0) is 37.1 Å². The van der Waals surface area contributed by atoms with Crippen LogP contribution in [0.4, 0.5) is 0 Å². The minimum Gasteiger partial charge on any atom is -0.484 e. The molecule has 0 atom stereocenters. The highest BCUT2D eigenvalue weighted by Crippen LogP contribution is 2.18. The van der Waals surface area contributed by atoms with Crippen LogP contribution < -0.4 is 10.1 Å². The van der Waals surface area contributed by atoms with Gasteiger partial charge in [0.1, 0.15) is 18.1 Å². The van der Waals surface area contributed by atoms with Gasteiger partial charge in [-0.1, -0.05) is 43.2 Å². The number of benzene rings is 2. The number of amides is 2. The van der Waals surface area contributed by atoms with Crippen molar-refractivity contribution in [2.75, 3.05) is 19.7 Å². The molecule has 0 unspecified atom stereocenters. The first-order valence-electron chi connectivity index (χ1n) is 10.9. The van der Waals surface area contributed by atoms with Crippen LogP contribution in [0.5, 0.6) is 5.75 Å². The number of carbonyl (C=O) groups excluding carboxylic acids is 2. The van der Waals surface area contributed by atoms with Crippen LogP contribution in [-0.4, -0.2) is 46.0 Å². The van der Waals surface area contributed by atoms with E-state index in [1.54, 1.807) is 12.1 Å². The second-order valence-electron chi connectivity index (χ2n) is 7.78. The SMILES string of the molecule is O=C(COc1ccccc1)NCc1nc2ccccc2n1CC(=O)N1CCCCCC1. The topological polar surface area (TPSA) is 76.5 Å². The molecule has 7 nitrogen and oxygen atoms in total. The average Bonchev–Trinajstić information content (AvgIpc) is 2.96. The lowest BCUT2D eigenvalue weighted by Crippen LogP contribution is -2.35. The van der Waals surface area contributed by atoms with Gasteiger partial charge >= 0.3 is 0 Å². The Balaban J connectivity index is 1.43. The quantitative estimate of drug-likeness (QED) is 0.637. The minimum absolute atomic E-state index is 0.0725. The third-order valence-electron chi connectivity index (χ3n) is 5.54. The summed E-state index contributed by atoms with van der Waals surface area (Å²) in [4.78, 5) is 31.9. The Labute approximate surface area is 182 Å². The van der Waals surface area contributed by atoms with Crippen LogP contribution in [0, 0.1) is 0 Å². The summed E-state index contributed by atoms with van der Waals surface area (Å²) in [5.74, 6) is 1.18. The number of para-hydroxylation sites is 3. The van der Waals surface area contributed by atoms with Crippen molar-refractivity contribution in [1.82, 2.24) is 19.8 Å². The third kappa shape index (κ3) is 5.42. The van der Waals surface area contributed by atoms with Gasteiger partial charge in [-0.25, -0.2) is 4.98 Å². The van der Waals surface area contributed by atoms with Crippen molar-refractivity contribution in [3.8, 4) is 5.75 Å². The van der Waals surface area contributed by atoms with Gasteiger partial charge < -0.3 is 19.5 Å². The summed E-state index contributed by atoms with van der Waals surface area (Å²) in [6.45, 7) is 2.02. The number of rotatable bonds is 7. The Hall–Kier alpha value is -3.35. The molecule has 0 saturated carbocycles. The summed E-state index contributed by atoms with van der Waals surface area (Å²) in [6, 6.07) is 17.0. The summed E-state index contributed by atoms with van der Waals surface area (Å²) in [5, 5.41) is 2.86. The molecule has 0 radical (unpaired) electrons. The first-order valence-corrected chi connectivity index (χ1v) is 10.9. The highest BCUT2D eigenvalue weighted by atomic mass is 16.5. The summed E-state index contributed by atoms with van der Waals surface area (Å²) in [6.07, 6.45) is 4.47. The predicted molar refractivity (Wildman–Crippen MR) is 119 cm³/mol. The van der Waals surface area contributed by atoms with E-state index in [2.05, 4.69) is 10.3 Å². The van der Waals surface area contributed by atoms with Crippen LogP contribution in [0.1, 0.15) is 31.5 Å². The van der Waals surface area contributed by atoms with E-state index in [4.69, 9.17) is 4.74 Å². The highest BCUT2D eigenvalue weighted by molar-refractivity contribution is 5.81. The van der Waals surface area contributed by atoms with E-state index < -0.39 is 0 Å². The summed E-state index contributed by atoms with van der Waals surface area (Å²) in [7, 11) is 0.